The van der Waals surface area contributed by atoms with Gasteiger partial charge in [-0.1, -0.05) is 11.4 Å². The van der Waals surface area contributed by atoms with Crippen LogP contribution in [0.1, 0.15) is 11.4 Å². The first kappa shape index (κ1) is 16.0. The van der Waals surface area contributed by atoms with E-state index in [4.69, 9.17) is 0 Å². The van der Waals surface area contributed by atoms with Crippen molar-refractivity contribution in [2.45, 2.75) is 12.4 Å². The Balaban J connectivity index is 1.95. The average Bonchev–Trinajstić information content (AvgIpc) is 3.16. The zero-order chi connectivity index (χ0) is 17.5. The highest BCUT2D eigenvalue weighted by atomic mass is 19.4. The van der Waals surface area contributed by atoms with E-state index < -0.39 is 23.7 Å². The maximum absolute atomic E-state index is 12.5. The molecule has 3 rings (SSSR count). The Morgan fingerprint density at radius 2 is 1.33 bits per heavy atom. The van der Waals surface area contributed by atoms with Gasteiger partial charge in [-0.15, -0.1) is 0 Å². The van der Waals surface area contributed by atoms with Gasteiger partial charge in [0.1, 0.15) is 17.2 Å². The maximum atomic E-state index is 12.5. The van der Waals surface area contributed by atoms with Gasteiger partial charge in [0, 0.05) is 6.20 Å². The largest absolute Gasteiger partial charge is 0.573 e. The Bertz CT molecular complexity index is 794. The van der Waals surface area contributed by atoms with Crippen molar-refractivity contribution in [3.05, 3.63) is 35.8 Å². The predicted octanol–water partition coefficient (Wildman–Crippen LogP) is 2.55. The number of rotatable bonds is 2. The Morgan fingerprint density at radius 3 is 1.88 bits per heavy atom. The molecule has 3 heterocycles. The van der Waals surface area contributed by atoms with Crippen LogP contribution in [0.15, 0.2) is 24.4 Å². The molecule has 0 bridgehead atoms. The summed E-state index contributed by atoms with van der Waals surface area (Å²) in [6, 6.07) is 2.55. The van der Waals surface area contributed by atoms with E-state index in [1.165, 1.54) is 6.07 Å². The van der Waals surface area contributed by atoms with E-state index in [0.29, 0.717) is 12.1 Å². The SMILES string of the molecule is FC(F)(F)c1cc(-c2ccnc(-c3cc(C(F)(F)F)n[n-]3)n2)[n-]n1. The molecule has 0 saturated carbocycles. The molecule has 3 aromatic rings. The molecule has 24 heavy (non-hydrogen) atoms. The van der Waals surface area contributed by atoms with Crippen LogP contribution in [0.25, 0.3) is 22.9 Å². The summed E-state index contributed by atoms with van der Waals surface area (Å²) in [6.45, 7) is 0. The maximum Gasteiger partial charge on any atom is 0.431 e. The predicted molar refractivity (Wildman–Crippen MR) is 65.1 cm³/mol. The van der Waals surface area contributed by atoms with E-state index in [1.54, 1.807) is 0 Å². The molecule has 0 amide bonds. The molecule has 0 aliphatic rings. The normalized spacial score (nSPS) is 12.6. The van der Waals surface area contributed by atoms with E-state index in [1.807, 2.05) is 0 Å². The second kappa shape index (κ2) is 5.32. The van der Waals surface area contributed by atoms with Gasteiger partial charge in [-0.25, -0.2) is 9.97 Å². The fourth-order valence-corrected chi connectivity index (χ4v) is 1.73. The molecule has 0 atom stereocenters. The number of halogens is 6. The van der Waals surface area contributed by atoms with Crippen molar-refractivity contribution in [2.24, 2.45) is 0 Å². The second-order valence-corrected chi connectivity index (χ2v) is 4.49. The minimum Gasteiger partial charge on any atom is -0.573 e. The zero-order valence-corrected chi connectivity index (χ0v) is 11.3. The van der Waals surface area contributed by atoms with Gasteiger partial charge in [0.05, 0.1) is 5.69 Å². The Hall–Kier alpha value is -2.92. The summed E-state index contributed by atoms with van der Waals surface area (Å²) in [7, 11) is 0. The lowest BCUT2D eigenvalue weighted by Gasteiger charge is -2.08. The molecule has 6 nitrogen and oxygen atoms in total. The van der Waals surface area contributed by atoms with Crippen molar-refractivity contribution in [1.82, 2.24) is 30.4 Å². The van der Waals surface area contributed by atoms with E-state index in [-0.39, 0.29) is 22.9 Å². The average molecular weight is 346 g/mol. The van der Waals surface area contributed by atoms with Gasteiger partial charge in [0.2, 0.25) is 0 Å². The minimum atomic E-state index is -4.68. The third kappa shape index (κ3) is 3.07. The number of aromatic nitrogens is 6. The van der Waals surface area contributed by atoms with Gasteiger partial charge >= 0.3 is 12.4 Å². The standard InChI is InChI=1S/C12H4F6N6/c13-11(14,15)8-3-6(21-23-8)5-1-2-19-10(20-5)7-4-9(24-22-7)12(16,17)18/h1-4H/q-2. The Kier molecular flexibility index (Phi) is 3.53. The molecule has 126 valence electrons. The molecule has 0 N–H and O–H groups in total. The lowest BCUT2D eigenvalue weighted by molar-refractivity contribution is -0.142. The molecule has 0 unspecified atom stereocenters. The highest BCUT2D eigenvalue weighted by Gasteiger charge is 2.32. The van der Waals surface area contributed by atoms with Crippen LogP contribution in [0.5, 0.6) is 0 Å². The quantitative estimate of drug-likeness (QED) is 0.664. The van der Waals surface area contributed by atoms with Crippen LogP contribution >= 0.6 is 0 Å². The fourth-order valence-electron chi connectivity index (χ4n) is 1.73. The van der Waals surface area contributed by atoms with Crippen LogP contribution < -0.4 is 10.2 Å². The topological polar surface area (TPSA) is 79.8 Å². The van der Waals surface area contributed by atoms with Gasteiger partial charge in [-0.3, -0.25) is 0 Å². The first-order valence-electron chi connectivity index (χ1n) is 6.13. The van der Waals surface area contributed by atoms with Crippen molar-refractivity contribution in [1.29, 1.82) is 0 Å². The van der Waals surface area contributed by atoms with Gasteiger partial charge in [0.25, 0.3) is 0 Å². The molecule has 12 heteroatoms. The van der Waals surface area contributed by atoms with Crippen LogP contribution in [0.2, 0.25) is 0 Å². The van der Waals surface area contributed by atoms with Crippen LogP contribution in [0, 0.1) is 0 Å². The zero-order valence-electron chi connectivity index (χ0n) is 11.3. The van der Waals surface area contributed by atoms with E-state index in [2.05, 4.69) is 30.4 Å². The highest BCUT2D eigenvalue weighted by Crippen LogP contribution is 2.31. The van der Waals surface area contributed by atoms with E-state index in [9.17, 15) is 26.3 Å². The summed E-state index contributed by atoms with van der Waals surface area (Å²) < 4.78 is 75.1. The minimum absolute atomic E-state index is 0.0421. The molecule has 0 aromatic carbocycles. The molecule has 0 spiro atoms. The van der Waals surface area contributed by atoms with Crippen LogP contribution in [-0.2, 0) is 12.4 Å². The molecule has 0 aliphatic heterocycles. The van der Waals surface area contributed by atoms with E-state index >= 15 is 0 Å². The molecule has 0 radical (unpaired) electrons. The Labute approximate surface area is 129 Å². The molecule has 0 saturated heterocycles. The number of nitrogens with zero attached hydrogens (tertiary/aromatic N) is 6. The number of alkyl halides is 6. The summed E-state index contributed by atoms with van der Waals surface area (Å²) >= 11 is 0. The molecule has 0 aliphatic carbocycles. The first-order chi connectivity index (χ1) is 11.1. The van der Waals surface area contributed by atoms with E-state index in [0.717, 1.165) is 6.20 Å². The van der Waals surface area contributed by atoms with Crippen molar-refractivity contribution in [3.8, 4) is 22.9 Å². The summed E-state index contributed by atoms with van der Waals surface area (Å²) in [5.74, 6) is -0.230. The summed E-state index contributed by atoms with van der Waals surface area (Å²) in [6.07, 6.45) is -8.19. The van der Waals surface area contributed by atoms with Gasteiger partial charge in [-0.05, 0) is 18.2 Å². The number of hydrogen-bond donors (Lipinski definition) is 0. The van der Waals surface area contributed by atoms with Crippen LogP contribution in [0.4, 0.5) is 26.3 Å². The highest BCUT2D eigenvalue weighted by molar-refractivity contribution is 5.58. The second-order valence-electron chi connectivity index (χ2n) is 4.49. The monoisotopic (exact) mass is 346 g/mol. The Morgan fingerprint density at radius 1 is 0.792 bits per heavy atom. The summed E-state index contributed by atoms with van der Waals surface area (Å²) in [5.41, 5.74) is -2.93. The molecular weight excluding hydrogens is 342 g/mol. The van der Waals surface area contributed by atoms with Crippen molar-refractivity contribution in [3.63, 3.8) is 0 Å². The summed E-state index contributed by atoms with van der Waals surface area (Å²) in [4.78, 5) is 7.59. The smallest absolute Gasteiger partial charge is 0.431 e. The van der Waals surface area contributed by atoms with Gasteiger partial charge < -0.3 is 20.4 Å². The fraction of sp³-hybridized carbons (Fsp3) is 0.167. The third-order valence-corrected chi connectivity index (χ3v) is 2.81. The van der Waals surface area contributed by atoms with Crippen molar-refractivity contribution in [2.75, 3.05) is 0 Å². The first-order valence-corrected chi connectivity index (χ1v) is 6.13. The lowest BCUT2D eigenvalue weighted by atomic mass is 10.2. The van der Waals surface area contributed by atoms with Gasteiger partial charge in [-0.2, -0.15) is 26.3 Å². The van der Waals surface area contributed by atoms with Crippen molar-refractivity contribution >= 4 is 0 Å². The molecular formula is C12H4F6N6-2. The number of hydrogen-bond acceptors (Lipinski definition) is 4. The summed E-state index contributed by atoms with van der Waals surface area (Å²) in [5, 5.41) is 12.6. The molecule has 0 fully saturated rings. The van der Waals surface area contributed by atoms with Crippen molar-refractivity contribution < 1.29 is 26.3 Å². The van der Waals surface area contributed by atoms with Gasteiger partial charge in [0.15, 0.2) is 0 Å². The third-order valence-electron chi connectivity index (χ3n) is 2.81. The molecule has 3 aromatic heterocycles. The lowest BCUT2D eigenvalue weighted by Crippen LogP contribution is -2.05. The van der Waals surface area contributed by atoms with Crippen LogP contribution in [-0.4, -0.2) is 20.2 Å². The van der Waals surface area contributed by atoms with Crippen LogP contribution in [0.3, 0.4) is 0 Å².